The van der Waals surface area contributed by atoms with Crippen molar-refractivity contribution in [1.82, 2.24) is 4.90 Å². The van der Waals surface area contributed by atoms with E-state index in [2.05, 4.69) is 0 Å². The molecule has 1 saturated heterocycles. The molecule has 0 atom stereocenters. The van der Waals surface area contributed by atoms with Crippen LogP contribution in [0.1, 0.15) is 5.56 Å². The topological polar surface area (TPSA) is 179 Å². The Balaban J connectivity index is 1.90. The average molecular weight is 475 g/mol. The van der Waals surface area contributed by atoms with Crippen molar-refractivity contribution in [2.45, 2.75) is 0 Å². The molecule has 14 heteroatoms. The largest absolute Gasteiger partial charge is 0.493 e. The van der Waals surface area contributed by atoms with Crippen LogP contribution in [0.15, 0.2) is 41.3 Å². The second-order valence-electron chi connectivity index (χ2n) is 6.34. The number of non-ortho nitro benzene ring substituents is 1. The van der Waals surface area contributed by atoms with E-state index in [0.717, 1.165) is 18.2 Å². The molecule has 1 aliphatic heterocycles. The molecule has 0 aliphatic carbocycles. The smallest absolute Gasteiger partial charge is 0.323 e. The van der Waals surface area contributed by atoms with E-state index in [-0.39, 0.29) is 22.2 Å². The summed E-state index contributed by atoms with van der Waals surface area (Å²) < 4.78 is 10.8. The Morgan fingerprint density at radius 3 is 2.39 bits per heavy atom. The Hall–Kier alpha value is -4.46. The van der Waals surface area contributed by atoms with E-state index in [0.29, 0.717) is 22.2 Å². The fourth-order valence-corrected chi connectivity index (χ4v) is 3.59. The predicted molar refractivity (Wildman–Crippen MR) is 113 cm³/mol. The number of methoxy groups -OCH3 is 1. The van der Waals surface area contributed by atoms with Gasteiger partial charge in [0.1, 0.15) is 6.54 Å². The summed E-state index contributed by atoms with van der Waals surface area (Å²) in [5.74, 6) is -2.19. The summed E-state index contributed by atoms with van der Waals surface area (Å²) in [7, 11) is 1.30. The predicted octanol–water partition coefficient (Wildman–Crippen LogP) is 3.42. The second kappa shape index (κ2) is 9.35. The number of benzene rings is 2. The highest BCUT2D eigenvalue weighted by Gasteiger charge is 2.36. The zero-order valence-corrected chi connectivity index (χ0v) is 17.4. The van der Waals surface area contributed by atoms with Gasteiger partial charge in [-0.25, -0.2) is 0 Å². The van der Waals surface area contributed by atoms with Crippen LogP contribution in [-0.4, -0.2) is 50.6 Å². The van der Waals surface area contributed by atoms with Gasteiger partial charge in [-0.3, -0.25) is 39.5 Å². The zero-order chi connectivity index (χ0) is 24.3. The van der Waals surface area contributed by atoms with Gasteiger partial charge in [0.05, 0.1) is 27.9 Å². The van der Waals surface area contributed by atoms with E-state index < -0.39 is 44.9 Å². The highest BCUT2D eigenvalue weighted by Crippen LogP contribution is 2.39. The van der Waals surface area contributed by atoms with Gasteiger partial charge in [0.2, 0.25) is 5.75 Å². The number of carboxylic acids is 1. The highest BCUT2D eigenvalue weighted by molar-refractivity contribution is 8.18. The molecule has 1 aliphatic rings. The number of aliphatic carboxylic acids is 1. The number of nitro benzene ring substituents is 2. The molecular formula is C19H13N3O10S. The van der Waals surface area contributed by atoms with Crippen LogP contribution in [0.25, 0.3) is 6.08 Å². The number of amides is 2. The molecule has 0 spiro atoms. The van der Waals surface area contributed by atoms with Gasteiger partial charge in [-0.1, -0.05) is 6.07 Å². The number of carbonyl (C=O) groups excluding carboxylic acids is 2. The lowest BCUT2D eigenvalue weighted by Crippen LogP contribution is -2.33. The quantitative estimate of drug-likeness (QED) is 0.336. The molecular weight excluding hydrogens is 462 g/mol. The van der Waals surface area contributed by atoms with Crippen LogP contribution >= 0.6 is 11.8 Å². The van der Waals surface area contributed by atoms with E-state index in [1.54, 1.807) is 0 Å². The van der Waals surface area contributed by atoms with Crippen molar-refractivity contribution in [3.63, 3.8) is 0 Å². The van der Waals surface area contributed by atoms with Crippen LogP contribution in [0.5, 0.6) is 17.2 Å². The molecule has 170 valence electrons. The SMILES string of the molecule is COc1cc(/C=C2/SC(=O)N(CC(=O)O)C2=O)ccc1Oc1ccc([N+](=O)[O-])cc1[N+](=O)[O-]. The Morgan fingerprint density at radius 1 is 1.09 bits per heavy atom. The van der Waals surface area contributed by atoms with E-state index in [9.17, 15) is 34.6 Å². The Bertz CT molecular complexity index is 1230. The van der Waals surface area contributed by atoms with Crippen LogP contribution in [0.3, 0.4) is 0 Å². The van der Waals surface area contributed by atoms with Gasteiger partial charge in [0, 0.05) is 6.07 Å². The minimum Gasteiger partial charge on any atom is -0.493 e. The van der Waals surface area contributed by atoms with Crippen molar-refractivity contribution in [2.24, 2.45) is 0 Å². The first-order valence-electron chi connectivity index (χ1n) is 8.86. The number of thioether (sulfide) groups is 1. The molecule has 2 aromatic rings. The van der Waals surface area contributed by atoms with Crippen molar-refractivity contribution in [2.75, 3.05) is 13.7 Å². The molecule has 1 N–H and O–H groups in total. The monoisotopic (exact) mass is 475 g/mol. The van der Waals surface area contributed by atoms with Crippen molar-refractivity contribution in [1.29, 1.82) is 0 Å². The fourth-order valence-electron chi connectivity index (χ4n) is 2.75. The molecule has 2 amide bonds. The van der Waals surface area contributed by atoms with Crippen molar-refractivity contribution in [3.05, 3.63) is 67.1 Å². The van der Waals surface area contributed by atoms with Gasteiger partial charge in [-0.05, 0) is 41.6 Å². The molecule has 1 fully saturated rings. The Labute approximate surface area is 188 Å². The first kappa shape index (κ1) is 23.2. The van der Waals surface area contributed by atoms with E-state index in [4.69, 9.17) is 14.6 Å². The molecule has 0 saturated carbocycles. The van der Waals surface area contributed by atoms with Gasteiger partial charge in [0.25, 0.3) is 16.8 Å². The lowest BCUT2D eigenvalue weighted by atomic mass is 10.1. The average Bonchev–Trinajstić information content (AvgIpc) is 3.01. The molecule has 2 aromatic carbocycles. The van der Waals surface area contributed by atoms with Crippen molar-refractivity contribution in [3.8, 4) is 17.2 Å². The number of carbonyl (C=O) groups is 3. The molecule has 13 nitrogen and oxygen atoms in total. The Kier molecular flexibility index (Phi) is 6.58. The third kappa shape index (κ3) is 5.07. The maximum absolute atomic E-state index is 12.3. The van der Waals surface area contributed by atoms with E-state index >= 15 is 0 Å². The van der Waals surface area contributed by atoms with E-state index in [1.165, 1.54) is 31.4 Å². The van der Waals surface area contributed by atoms with Crippen LogP contribution in [-0.2, 0) is 9.59 Å². The van der Waals surface area contributed by atoms with Crippen LogP contribution in [0.4, 0.5) is 16.2 Å². The second-order valence-corrected chi connectivity index (χ2v) is 7.33. The lowest BCUT2D eigenvalue weighted by molar-refractivity contribution is -0.394. The number of nitrogens with zero attached hydrogens (tertiary/aromatic N) is 3. The molecule has 33 heavy (non-hydrogen) atoms. The van der Waals surface area contributed by atoms with Gasteiger partial charge in [-0.2, -0.15) is 0 Å². The molecule has 3 rings (SSSR count). The number of imide groups is 1. The standard InChI is InChI=1S/C19H13N3O10S/c1-31-15-6-10(7-16-18(25)20(9-17(23)24)19(26)33-16)2-4-14(15)32-13-5-3-11(21(27)28)8-12(13)22(29)30/h2-8H,9H2,1H3,(H,23,24)/b16-7+. The first-order valence-corrected chi connectivity index (χ1v) is 9.68. The number of hydrogen-bond acceptors (Lipinski definition) is 10. The minimum atomic E-state index is -1.33. The molecule has 0 unspecified atom stereocenters. The maximum atomic E-state index is 12.3. The maximum Gasteiger partial charge on any atom is 0.323 e. The molecule has 0 aromatic heterocycles. The fraction of sp³-hybridized carbons (Fsp3) is 0.105. The summed E-state index contributed by atoms with van der Waals surface area (Å²) in [6, 6.07) is 7.19. The summed E-state index contributed by atoms with van der Waals surface area (Å²) >= 11 is 0.581. The van der Waals surface area contributed by atoms with Crippen molar-refractivity contribution >= 4 is 46.3 Å². The molecule has 0 radical (unpaired) electrons. The van der Waals surface area contributed by atoms with Gasteiger partial charge < -0.3 is 14.6 Å². The Morgan fingerprint density at radius 2 is 1.79 bits per heavy atom. The van der Waals surface area contributed by atoms with Gasteiger partial charge in [0.15, 0.2) is 11.5 Å². The van der Waals surface area contributed by atoms with Gasteiger partial charge in [-0.15, -0.1) is 0 Å². The highest BCUT2D eigenvalue weighted by atomic mass is 32.2. The number of ether oxygens (including phenoxy) is 2. The number of hydrogen-bond donors (Lipinski definition) is 1. The summed E-state index contributed by atoms with van der Waals surface area (Å²) in [6.45, 7) is -0.758. The van der Waals surface area contributed by atoms with Crippen molar-refractivity contribution < 1.29 is 38.8 Å². The van der Waals surface area contributed by atoms with Crippen LogP contribution in [0, 0.1) is 20.2 Å². The summed E-state index contributed by atoms with van der Waals surface area (Å²) in [5, 5.41) is 30.3. The zero-order valence-electron chi connectivity index (χ0n) is 16.6. The summed E-state index contributed by atoms with van der Waals surface area (Å²) in [6.07, 6.45) is 1.35. The number of carboxylic acid groups (broad SMARTS) is 1. The molecule has 1 heterocycles. The third-order valence-corrected chi connectivity index (χ3v) is 5.13. The van der Waals surface area contributed by atoms with Gasteiger partial charge >= 0.3 is 11.7 Å². The first-order chi connectivity index (χ1) is 15.6. The third-order valence-electron chi connectivity index (χ3n) is 4.22. The number of rotatable bonds is 8. The van der Waals surface area contributed by atoms with Crippen LogP contribution < -0.4 is 9.47 Å². The normalized spacial score (nSPS) is 14.5. The lowest BCUT2D eigenvalue weighted by Gasteiger charge is -2.11. The minimum absolute atomic E-state index is 0.00276. The summed E-state index contributed by atoms with van der Waals surface area (Å²) in [4.78, 5) is 56.2. The van der Waals surface area contributed by atoms with E-state index in [1.807, 2.05) is 0 Å². The molecule has 0 bridgehead atoms. The van der Waals surface area contributed by atoms with Crippen LogP contribution in [0.2, 0.25) is 0 Å². The number of nitro groups is 2. The summed E-state index contributed by atoms with van der Waals surface area (Å²) in [5.41, 5.74) is -0.700.